The van der Waals surface area contributed by atoms with Crippen molar-refractivity contribution in [3.63, 3.8) is 0 Å². The third-order valence-corrected chi connectivity index (χ3v) is 2.45. The molecule has 1 N–H and O–H groups in total. The molecule has 0 aliphatic heterocycles. The van der Waals surface area contributed by atoms with Crippen molar-refractivity contribution < 1.29 is 0 Å². The van der Waals surface area contributed by atoms with Crippen LogP contribution in [-0.4, -0.2) is 16.0 Å². The molecule has 0 amide bonds. The smallest absolute Gasteiger partial charge is 0.143 e. The highest BCUT2D eigenvalue weighted by atomic mass is 79.9. The molecule has 1 aromatic rings. The van der Waals surface area contributed by atoms with E-state index in [9.17, 15) is 0 Å². The predicted octanol–water partition coefficient (Wildman–Crippen LogP) is 2.45. The third-order valence-electron chi connectivity index (χ3n) is 1.87. The van der Waals surface area contributed by atoms with Gasteiger partial charge in [-0.3, -0.25) is 0 Å². The topological polar surface area (TPSA) is 37.8 Å². The van der Waals surface area contributed by atoms with Gasteiger partial charge in [0.25, 0.3) is 0 Å². The zero-order valence-corrected chi connectivity index (χ0v) is 9.58. The van der Waals surface area contributed by atoms with Gasteiger partial charge in [0.15, 0.2) is 0 Å². The lowest BCUT2D eigenvalue weighted by Crippen LogP contribution is -2.18. The van der Waals surface area contributed by atoms with Crippen LogP contribution in [0, 0.1) is 12.3 Å². The summed E-state index contributed by atoms with van der Waals surface area (Å²) in [7, 11) is 0. The predicted molar refractivity (Wildman–Crippen MR) is 60.9 cm³/mol. The van der Waals surface area contributed by atoms with E-state index < -0.39 is 0 Å². The zero-order chi connectivity index (χ0) is 10.4. The molecule has 4 heteroatoms. The van der Waals surface area contributed by atoms with Crippen LogP contribution in [0.15, 0.2) is 17.0 Å². The number of aromatic nitrogens is 2. The van der Waals surface area contributed by atoms with Crippen molar-refractivity contribution in [2.24, 2.45) is 0 Å². The molecule has 1 heterocycles. The second kappa shape index (κ2) is 5.61. The van der Waals surface area contributed by atoms with Gasteiger partial charge in [-0.25, -0.2) is 9.97 Å². The zero-order valence-electron chi connectivity index (χ0n) is 8.00. The van der Waals surface area contributed by atoms with Gasteiger partial charge in [-0.05, 0) is 22.4 Å². The molecule has 0 spiro atoms. The Labute approximate surface area is 92.5 Å². The third kappa shape index (κ3) is 3.00. The van der Waals surface area contributed by atoms with E-state index in [-0.39, 0.29) is 6.04 Å². The summed E-state index contributed by atoms with van der Waals surface area (Å²) in [5, 5.41) is 3.26. The number of anilines is 1. The Morgan fingerprint density at radius 1 is 1.71 bits per heavy atom. The highest BCUT2D eigenvalue weighted by Gasteiger charge is 2.07. The van der Waals surface area contributed by atoms with E-state index in [0.29, 0.717) is 6.42 Å². The van der Waals surface area contributed by atoms with Crippen molar-refractivity contribution in [1.82, 2.24) is 9.97 Å². The van der Waals surface area contributed by atoms with Gasteiger partial charge in [0.05, 0.1) is 4.47 Å². The Bertz CT molecular complexity index is 332. The minimum absolute atomic E-state index is 0.270. The second-order valence-corrected chi connectivity index (χ2v) is 3.73. The fourth-order valence-electron chi connectivity index (χ4n) is 1.05. The van der Waals surface area contributed by atoms with Gasteiger partial charge in [0.1, 0.15) is 12.1 Å². The monoisotopic (exact) mass is 253 g/mol. The molecule has 0 aromatic carbocycles. The summed E-state index contributed by atoms with van der Waals surface area (Å²) in [6, 6.07) is 0.270. The normalized spacial score (nSPS) is 11.8. The number of halogens is 1. The van der Waals surface area contributed by atoms with E-state index in [4.69, 9.17) is 6.42 Å². The van der Waals surface area contributed by atoms with E-state index >= 15 is 0 Å². The number of nitrogens with one attached hydrogen (secondary N) is 1. The molecule has 3 nitrogen and oxygen atoms in total. The maximum Gasteiger partial charge on any atom is 0.143 e. The lowest BCUT2D eigenvalue weighted by Gasteiger charge is -2.15. The van der Waals surface area contributed by atoms with Crippen molar-refractivity contribution in [3.05, 3.63) is 17.0 Å². The van der Waals surface area contributed by atoms with Crippen molar-refractivity contribution in [1.29, 1.82) is 0 Å². The fourth-order valence-corrected chi connectivity index (χ4v) is 1.39. The molecule has 0 aliphatic carbocycles. The molecule has 0 bridgehead atoms. The Morgan fingerprint density at radius 3 is 3.07 bits per heavy atom. The molecule has 0 aliphatic rings. The van der Waals surface area contributed by atoms with Gasteiger partial charge < -0.3 is 5.32 Å². The Morgan fingerprint density at radius 2 is 2.50 bits per heavy atom. The number of nitrogens with zero attached hydrogens (tertiary/aromatic N) is 2. The summed E-state index contributed by atoms with van der Waals surface area (Å²) in [4.78, 5) is 8.00. The molecule has 0 radical (unpaired) electrons. The minimum Gasteiger partial charge on any atom is -0.365 e. The highest BCUT2D eigenvalue weighted by molar-refractivity contribution is 9.10. The van der Waals surface area contributed by atoms with Gasteiger partial charge in [0.2, 0.25) is 0 Å². The van der Waals surface area contributed by atoms with Gasteiger partial charge in [-0.15, -0.1) is 12.3 Å². The molecule has 0 saturated carbocycles. The molecular weight excluding hydrogens is 242 g/mol. The average Bonchev–Trinajstić information content (AvgIpc) is 2.20. The summed E-state index contributed by atoms with van der Waals surface area (Å²) >= 11 is 3.37. The standard InChI is InChI=1S/C10H12BrN3/c1-3-5-8(4-2)14-10-9(11)6-12-7-13-10/h1,6-8H,4-5H2,2H3,(H,12,13,14). The van der Waals surface area contributed by atoms with Crippen LogP contribution in [0.3, 0.4) is 0 Å². The van der Waals surface area contributed by atoms with Gasteiger partial charge in [-0.2, -0.15) is 0 Å². The van der Waals surface area contributed by atoms with Gasteiger partial charge in [-0.1, -0.05) is 6.92 Å². The Kier molecular flexibility index (Phi) is 4.41. The van der Waals surface area contributed by atoms with E-state index in [0.717, 1.165) is 16.7 Å². The molecular formula is C10H12BrN3. The van der Waals surface area contributed by atoms with Crippen molar-refractivity contribution in [2.75, 3.05) is 5.32 Å². The lowest BCUT2D eigenvalue weighted by atomic mass is 10.1. The Hall–Kier alpha value is -1.08. The minimum atomic E-state index is 0.270. The molecule has 0 fully saturated rings. The van der Waals surface area contributed by atoms with E-state index in [1.165, 1.54) is 6.33 Å². The summed E-state index contributed by atoms with van der Waals surface area (Å²) in [6.07, 6.45) is 10.2. The maximum absolute atomic E-state index is 5.26. The van der Waals surface area contributed by atoms with Gasteiger partial charge in [0, 0.05) is 18.7 Å². The van der Waals surface area contributed by atoms with Crippen LogP contribution in [0.5, 0.6) is 0 Å². The second-order valence-electron chi connectivity index (χ2n) is 2.88. The molecule has 14 heavy (non-hydrogen) atoms. The number of hydrogen-bond acceptors (Lipinski definition) is 3. The molecule has 74 valence electrons. The highest BCUT2D eigenvalue weighted by Crippen LogP contribution is 2.19. The van der Waals surface area contributed by atoms with E-state index in [1.54, 1.807) is 6.20 Å². The summed E-state index contributed by atoms with van der Waals surface area (Å²) < 4.78 is 0.857. The Balaban J connectivity index is 2.68. The largest absolute Gasteiger partial charge is 0.365 e. The lowest BCUT2D eigenvalue weighted by molar-refractivity contribution is 0.710. The van der Waals surface area contributed by atoms with Crippen LogP contribution in [-0.2, 0) is 0 Å². The molecule has 0 saturated heterocycles. The first-order valence-corrected chi connectivity index (χ1v) is 5.22. The summed E-state index contributed by atoms with van der Waals surface area (Å²) in [5.41, 5.74) is 0. The quantitative estimate of drug-likeness (QED) is 0.838. The fraction of sp³-hybridized carbons (Fsp3) is 0.400. The first-order chi connectivity index (χ1) is 6.77. The van der Waals surface area contributed by atoms with E-state index in [1.807, 2.05) is 0 Å². The molecule has 1 unspecified atom stereocenters. The van der Waals surface area contributed by atoms with Crippen LogP contribution < -0.4 is 5.32 Å². The number of hydrogen-bond donors (Lipinski definition) is 1. The van der Waals surface area contributed by atoms with Crippen molar-refractivity contribution >= 4 is 21.7 Å². The van der Waals surface area contributed by atoms with Gasteiger partial charge >= 0.3 is 0 Å². The van der Waals surface area contributed by atoms with Crippen LogP contribution in [0.2, 0.25) is 0 Å². The number of terminal acetylenes is 1. The van der Waals surface area contributed by atoms with Crippen LogP contribution in [0.25, 0.3) is 0 Å². The summed E-state index contributed by atoms with van der Waals surface area (Å²) in [6.45, 7) is 2.09. The SMILES string of the molecule is C#CCC(CC)Nc1ncncc1Br. The van der Waals surface area contributed by atoms with E-state index in [2.05, 4.69) is 44.1 Å². The molecule has 1 aromatic heterocycles. The number of rotatable bonds is 4. The molecule has 1 rings (SSSR count). The first-order valence-electron chi connectivity index (χ1n) is 4.43. The molecule has 1 atom stereocenters. The average molecular weight is 254 g/mol. The van der Waals surface area contributed by atoms with Crippen molar-refractivity contribution in [3.8, 4) is 12.3 Å². The van der Waals surface area contributed by atoms with Crippen molar-refractivity contribution in [2.45, 2.75) is 25.8 Å². The van der Waals surface area contributed by atoms with Crippen LogP contribution >= 0.6 is 15.9 Å². The maximum atomic E-state index is 5.26. The first kappa shape index (κ1) is 11.0. The van der Waals surface area contributed by atoms with Crippen LogP contribution in [0.1, 0.15) is 19.8 Å². The van der Waals surface area contributed by atoms with Crippen LogP contribution in [0.4, 0.5) is 5.82 Å². The summed E-state index contributed by atoms with van der Waals surface area (Å²) in [5.74, 6) is 3.43.